The number of nitrogens with one attached hydrogen (secondary N) is 1. The van der Waals surface area contributed by atoms with E-state index in [4.69, 9.17) is 11.2 Å². The summed E-state index contributed by atoms with van der Waals surface area (Å²) >= 11 is 0. The highest BCUT2D eigenvalue weighted by Crippen LogP contribution is 2.06. The van der Waals surface area contributed by atoms with Crippen LogP contribution < -0.4 is 5.32 Å². The molecule has 2 atom stereocenters. The Morgan fingerprint density at radius 3 is 3.08 bits per heavy atom. The lowest BCUT2D eigenvalue weighted by atomic mass is 10.1. The summed E-state index contributed by atoms with van der Waals surface area (Å²) in [6.45, 7) is 3.85. The van der Waals surface area contributed by atoms with Crippen molar-refractivity contribution < 1.29 is 4.74 Å². The molecular weight excluding hydrogens is 150 g/mol. The molecular formula is C10H17NO. The first-order chi connectivity index (χ1) is 5.86. The molecule has 1 N–H and O–H groups in total. The van der Waals surface area contributed by atoms with Gasteiger partial charge in [0.1, 0.15) is 0 Å². The molecule has 0 bridgehead atoms. The zero-order chi connectivity index (χ0) is 8.81. The van der Waals surface area contributed by atoms with Crippen LogP contribution in [0.1, 0.15) is 26.2 Å². The van der Waals surface area contributed by atoms with Crippen molar-refractivity contribution in [1.82, 2.24) is 5.32 Å². The van der Waals surface area contributed by atoms with Crippen molar-refractivity contribution in [2.75, 3.05) is 13.2 Å². The fraction of sp³-hybridized carbons (Fsp3) is 0.800. The largest absolute Gasteiger partial charge is 0.380 e. The van der Waals surface area contributed by atoms with Gasteiger partial charge in [0.25, 0.3) is 0 Å². The van der Waals surface area contributed by atoms with Gasteiger partial charge in [-0.25, -0.2) is 0 Å². The number of rotatable bonds is 4. The second-order valence-electron chi connectivity index (χ2n) is 3.24. The van der Waals surface area contributed by atoms with Crippen LogP contribution in [0.15, 0.2) is 0 Å². The van der Waals surface area contributed by atoms with Crippen LogP contribution in [0.2, 0.25) is 0 Å². The Labute approximate surface area is 74.7 Å². The van der Waals surface area contributed by atoms with E-state index in [2.05, 4.69) is 18.2 Å². The van der Waals surface area contributed by atoms with E-state index in [-0.39, 0.29) is 6.04 Å². The molecule has 1 rings (SSSR count). The normalized spacial score (nSPS) is 25.2. The zero-order valence-corrected chi connectivity index (χ0v) is 7.68. The first-order valence-electron chi connectivity index (χ1n) is 4.66. The average molecular weight is 167 g/mol. The van der Waals surface area contributed by atoms with Crippen LogP contribution in [0, 0.1) is 12.3 Å². The topological polar surface area (TPSA) is 21.3 Å². The maximum Gasteiger partial charge on any atom is 0.0689 e. The van der Waals surface area contributed by atoms with Crippen LogP contribution in [0.3, 0.4) is 0 Å². The molecule has 0 spiro atoms. The van der Waals surface area contributed by atoms with Gasteiger partial charge in [-0.1, -0.05) is 19.3 Å². The van der Waals surface area contributed by atoms with Crippen molar-refractivity contribution in [3.63, 3.8) is 0 Å². The minimum atomic E-state index is 0.238. The van der Waals surface area contributed by atoms with E-state index in [1.54, 1.807) is 0 Å². The summed E-state index contributed by atoms with van der Waals surface area (Å²) in [6.07, 6.45) is 8.68. The predicted octanol–water partition coefficient (Wildman–Crippen LogP) is 1.17. The minimum Gasteiger partial charge on any atom is -0.380 e. The monoisotopic (exact) mass is 167 g/mol. The van der Waals surface area contributed by atoms with E-state index >= 15 is 0 Å². The summed E-state index contributed by atoms with van der Waals surface area (Å²) in [5, 5.41) is 3.41. The van der Waals surface area contributed by atoms with Gasteiger partial charge in [-0.2, -0.15) is 0 Å². The summed E-state index contributed by atoms with van der Waals surface area (Å²) in [5.74, 6) is 2.76. The molecule has 2 heteroatoms. The Bertz CT molecular complexity index is 156. The first-order valence-corrected chi connectivity index (χ1v) is 4.66. The van der Waals surface area contributed by atoms with Gasteiger partial charge in [0.15, 0.2) is 0 Å². The molecule has 1 aliphatic heterocycles. The minimum absolute atomic E-state index is 0.238. The molecule has 0 amide bonds. The lowest BCUT2D eigenvalue weighted by molar-refractivity contribution is 0.189. The summed E-state index contributed by atoms with van der Waals surface area (Å²) in [4.78, 5) is 0. The highest BCUT2D eigenvalue weighted by molar-refractivity contribution is 4.99. The molecule has 1 heterocycles. The van der Waals surface area contributed by atoms with Crippen molar-refractivity contribution in [3.8, 4) is 12.3 Å². The van der Waals surface area contributed by atoms with E-state index in [9.17, 15) is 0 Å². The zero-order valence-electron chi connectivity index (χ0n) is 7.68. The van der Waals surface area contributed by atoms with Gasteiger partial charge in [0.2, 0.25) is 0 Å². The predicted molar refractivity (Wildman–Crippen MR) is 49.9 cm³/mol. The number of hydrogen-bond donors (Lipinski definition) is 1. The Morgan fingerprint density at radius 2 is 2.58 bits per heavy atom. The van der Waals surface area contributed by atoms with Crippen LogP contribution in [0.25, 0.3) is 0 Å². The molecule has 1 fully saturated rings. The van der Waals surface area contributed by atoms with Crippen molar-refractivity contribution in [2.45, 2.75) is 38.3 Å². The van der Waals surface area contributed by atoms with Crippen molar-refractivity contribution in [1.29, 1.82) is 0 Å². The van der Waals surface area contributed by atoms with E-state index in [1.165, 1.54) is 0 Å². The maximum atomic E-state index is 5.38. The van der Waals surface area contributed by atoms with Crippen LogP contribution in [-0.4, -0.2) is 25.3 Å². The maximum absolute atomic E-state index is 5.38. The number of terminal acetylenes is 1. The SMILES string of the molecule is C#CC(CCC)NC1CCOC1. The third-order valence-corrected chi connectivity index (χ3v) is 2.15. The van der Waals surface area contributed by atoms with Gasteiger partial charge < -0.3 is 4.74 Å². The molecule has 0 aromatic rings. The fourth-order valence-electron chi connectivity index (χ4n) is 1.45. The average Bonchev–Trinajstić information content (AvgIpc) is 2.56. The Balaban J connectivity index is 2.22. The van der Waals surface area contributed by atoms with Crippen molar-refractivity contribution in [2.24, 2.45) is 0 Å². The second kappa shape index (κ2) is 5.18. The summed E-state index contributed by atoms with van der Waals surface area (Å²) < 4.78 is 5.25. The van der Waals surface area contributed by atoms with Crippen LogP contribution >= 0.6 is 0 Å². The molecule has 0 saturated carbocycles. The summed E-state index contributed by atoms with van der Waals surface area (Å²) in [6, 6.07) is 0.722. The van der Waals surface area contributed by atoms with Crippen LogP contribution in [0.4, 0.5) is 0 Å². The Morgan fingerprint density at radius 1 is 1.75 bits per heavy atom. The van der Waals surface area contributed by atoms with E-state index < -0.39 is 0 Å². The lowest BCUT2D eigenvalue weighted by Gasteiger charge is -2.16. The fourth-order valence-corrected chi connectivity index (χ4v) is 1.45. The Hall–Kier alpha value is -0.520. The van der Waals surface area contributed by atoms with E-state index in [1.807, 2.05) is 0 Å². The molecule has 1 aliphatic rings. The van der Waals surface area contributed by atoms with E-state index in [0.717, 1.165) is 32.5 Å². The van der Waals surface area contributed by atoms with Gasteiger partial charge in [-0.3, -0.25) is 5.32 Å². The van der Waals surface area contributed by atoms with Crippen molar-refractivity contribution in [3.05, 3.63) is 0 Å². The van der Waals surface area contributed by atoms with Gasteiger partial charge in [-0.05, 0) is 12.8 Å². The summed E-state index contributed by atoms with van der Waals surface area (Å²) in [7, 11) is 0. The van der Waals surface area contributed by atoms with Gasteiger partial charge in [0, 0.05) is 12.6 Å². The lowest BCUT2D eigenvalue weighted by Crippen LogP contribution is -2.37. The first kappa shape index (κ1) is 9.57. The molecule has 12 heavy (non-hydrogen) atoms. The number of ether oxygens (including phenoxy) is 1. The standard InChI is InChI=1S/C10H17NO/c1-3-5-9(4-2)11-10-6-7-12-8-10/h2,9-11H,3,5-8H2,1H3. The quantitative estimate of drug-likeness (QED) is 0.635. The molecule has 0 aromatic heterocycles. The van der Waals surface area contributed by atoms with Gasteiger partial charge >= 0.3 is 0 Å². The van der Waals surface area contributed by atoms with Crippen molar-refractivity contribution >= 4 is 0 Å². The molecule has 2 unspecified atom stereocenters. The van der Waals surface area contributed by atoms with Crippen LogP contribution in [0.5, 0.6) is 0 Å². The highest BCUT2D eigenvalue weighted by Gasteiger charge is 2.17. The smallest absolute Gasteiger partial charge is 0.0689 e. The second-order valence-corrected chi connectivity index (χ2v) is 3.24. The third kappa shape index (κ3) is 2.84. The Kier molecular flexibility index (Phi) is 4.13. The molecule has 0 aliphatic carbocycles. The van der Waals surface area contributed by atoms with Crippen LogP contribution in [-0.2, 0) is 4.74 Å². The summed E-state index contributed by atoms with van der Waals surface area (Å²) in [5.41, 5.74) is 0. The van der Waals surface area contributed by atoms with Gasteiger partial charge in [-0.15, -0.1) is 6.42 Å². The highest BCUT2D eigenvalue weighted by atomic mass is 16.5. The van der Waals surface area contributed by atoms with Gasteiger partial charge in [0.05, 0.1) is 12.6 Å². The molecule has 2 nitrogen and oxygen atoms in total. The third-order valence-electron chi connectivity index (χ3n) is 2.15. The molecule has 0 aromatic carbocycles. The molecule has 0 radical (unpaired) electrons. The molecule has 68 valence electrons. The molecule has 1 saturated heterocycles. The number of hydrogen-bond acceptors (Lipinski definition) is 2. The van der Waals surface area contributed by atoms with E-state index in [0.29, 0.717) is 6.04 Å².